The van der Waals surface area contributed by atoms with Crippen LogP contribution in [-0.2, 0) is 38.3 Å². The van der Waals surface area contributed by atoms with E-state index in [1.807, 2.05) is 19.9 Å². The lowest BCUT2D eigenvalue weighted by atomic mass is 9.84. The Hall–Kier alpha value is -6.03. The first-order valence-electron chi connectivity index (χ1n) is 55.5. The lowest BCUT2D eigenvalue weighted by Crippen LogP contribution is -2.38. The largest absolute Gasteiger partial charge is 0.481 e. The van der Waals surface area contributed by atoms with Gasteiger partial charge in [-0.15, -0.1) is 0 Å². The molecule has 0 spiro atoms. The van der Waals surface area contributed by atoms with Gasteiger partial charge in [0.2, 0.25) is 5.91 Å². The summed E-state index contributed by atoms with van der Waals surface area (Å²) in [4.78, 5) is 94.3. The van der Waals surface area contributed by atoms with Crippen molar-refractivity contribution in [3.63, 3.8) is 0 Å². The molecule has 0 radical (unpaired) electrons. The van der Waals surface area contributed by atoms with Crippen LogP contribution in [-0.4, -0.2) is 162 Å². The summed E-state index contributed by atoms with van der Waals surface area (Å²) in [6.07, 6.45) is 101. The molecule has 3 aliphatic rings. The predicted molar refractivity (Wildman–Crippen MR) is 565 cm³/mol. The van der Waals surface area contributed by atoms with Crippen molar-refractivity contribution < 1.29 is 58.7 Å². The Bertz CT molecular complexity index is 2840. The highest BCUT2D eigenvalue weighted by Crippen LogP contribution is 2.31. The summed E-state index contributed by atoms with van der Waals surface area (Å²) in [5.74, 6) is -2.71. The summed E-state index contributed by atoms with van der Waals surface area (Å²) in [7, 11) is 0. The molecule has 0 bridgehead atoms. The molecule has 0 aliphatic carbocycles. The second-order valence-corrected chi connectivity index (χ2v) is 37.2. The van der Waals surface area contributed by atoms with Crippen molar-refractivity contribution >= 4 is 53.4 Å². The van der Waals surface area contributed by atoms with Crippen LogP contribution in [0.15, 0.2) is 70.7 Å². The Morgan fingerprint density at radius 1 is 0.383 bits per heavy atom. The first-order chi connectivity index (χ1) is 65.0. The van der Waals surface area contributed by atoms with Gasteiger partial charge in [-0.1, -0.05) is 366 Å². The van der Waals surface area contributed by atoms with Crippen molar-refractivity contribution in [3.05, 3.63) is 60.8 Å². The van der Waals surface area contributed by atoms with E-state index in [1.165, 1.54) is 276 Å². The summed E-state index contributed by atoms with van der Waals surface area (Å²) in [5, 5.41) is 42.2. The molecule has 0 aromatic rings. The quantitative estimate of drug-likeness (QED) is 0.0118. The third kappa shape index (κ3) is 93.4. The maximum absolute atomic E-state index is 13.0. The molecule has 3 aliphatic heterocycles. The molecule has 0 saturated carbocycles. The van der Waals surface area contributed by atoms with Crippen LogP contribution in [0.25, 0.3) is 0 Å². The minimum Gasteiger partial charge on any atom is -0.481 e. The Morgan fingerprint density at radius 2 is 0.692 bits per heavy atom. The van der Waals surface area contributed by atoms with Crippen LogP contribution in [0.2, 0.25) is 0 Å². The summed E-state index contributed by atoms with van der Waals surface area (Å²) in [5.41, 5.74) is 16.0. The highest BCUT2D eigenvalue weighted by molar-refractivity contribution is 5.95. The van der Waals surface area contributed by atoms with Gasteiger partial charge in [-0.05, 0) is 160 Å². The van der Waals surface area contributed by atoms with Gasteiger partial charge in [0.05, 0.1) is 43.0 Å². The van der Waals surface area contributed by atoms with E-state index in [1.54, 1.807) is 0 Å². The van der Waals surface area contributed by atoms with Crippen molar-refractivity contribution in [3.8, 4) is 0 Å². The average molecular weight is 1880 g/mol. The summed E-state index contributed by atoms with van der Waals surface area (Å²) in [6, 6.07) is 0. The highest BCUT2D eigenvalue weighted by Gasteiger charge is 2.38. The topological polar surface area (TPSA) is 343 Å². The van der Waals surface area contributed by atoms with Crippen molar-refractivity contribution in [2.75, 3.05) is 78.5 Å². The number of carbonyl (C=O) groups excluding carboxylic acids is 3. The number of rotatable bonds is 89. The van der Waals surface area contributed by atoms with Crippen molar-refractivity contribution in [1.29, 1.82) is 0 Å². The first kappa shape index (κ1) is 131. The summed E-state index contributed by atoms with van der Waals surface area (Å²) in [6.45, 7) is 25.0. The third-order valence-electron chi connectivity index (χ3n) is 25.0. The molecule has 4 atom stereocenters. The van der Waals surface area contributed by atoms with E-state index in [2.05, 4.69) is 115 Å². The number of hydrogen-bond donors (Lipinski definition) is 9. The zero-order valence-electron chi connectivity index (χ0n) is 87.1. The number of carbonyl (C=O) groups is 7. The van der Waals surface area contributed by atoms with E-state index in [4.69, 9.17) is 42.2 Å². The van der Waals surface area contributed by atoms with Crippen LogP contribution in [0, 0.1) is 23.7 Å². The number of amidine groups is 2. The number of amides is 1. The number of nitrogens with two attached hydrogens (primary N) is 3. The number of esters is 2. The van der Waals surface area contributed by atoms with Gasteiger partial charge in [0.1, 0.15) is 0 Å². The fourth-order valence-corrected chi connectivity index (χ4v) is 16.9. The number of aliphatic imine (C=N–C) groups is 2. The van der Waals surface area contributed by atoms with Crippen LogP contribution >= 0.6 is 0 Å². The fourth-order valence-electron chi connectivity index (χ4n) is 16.9. The maximum atomic E-state index is 13.0. The highest BCUT2D eigenvalue weighted by atomic mass is 16.6. The number of nitrogens with zero attached hydrogens (tertiary/aromatic N) is 4. The van der Waals surface area contributed by atoms with Gasteiger partial charge < -0.3 is 62.8 Å². The molecule has 1 fully saturated rings. The number of allylic oxidation sites excluding steroid dienone is 10. The van der Waals surface area contributed by atoms with Gasteiger partial charge in [0.15, 0.2) is 0 Å². The van der Waals surface area contributed by atoms with Gasteiger partial charge in [-0.3, -0.25) is 43.5 Å². The number of ether oxygens (including phenoxy) is 1. The number of aliphatic carboxylic acids is 4. The second-order valence-electron chi connectivity index (χ2n) is 37.2. The SMILES string of the molecule is CC.CCCCCCCCC(/C=C\CCCCCCC(=O)O)C1CC(=O)OC1=O.CCCCCCCCC/C=C\CCCCCCC(=O)O.CCCCCCCCC/C=C\CCCCCCC1=NCCN1CCN.CCCCCCCCC/C=C\CCCCCCC1=NCCN1CCNC(=O)CC(C(=O)O)C(/C=C\CCCCCCC(=O)O)CCCCCCCC.NCCNCCN. The Balaban J connectivity index is -0.00000176. The van der Waals surface area contributed by atoms with Gasteiger partial charge in [0, 0.05) is 104 Å². The van der Waals surface area contributed by atoms with Crippen LogP contribution < -0.4 is 27.8 Å². The van der Waals surface area contributed by atoms with Gasteiger partial charge >= 0.3 is 35.8 Å². The molecule has 21 nitrogen and oxygen atoms in total. The minimum atomic E-state index is -0.905. The molecule has 12 N–H and O–H groups in total. The van der Waals surface area contributed by atoms with Crippen LogP contribution in [0.1, 0.15) is 498 Å². The smallest absolute Gasteiger partial charge is 0.317 e. The number of carboxylic acids is 4. The van der Waals surface area contributed by atoms with Crippen LogP contribution in [0.3, 0.4) is 0 Å². The zero-order valence-corrected chi connectivity index (χ0v) is 87.1. The molecule has 0 aromatic carbocycles. The molecule has 1 amide bonds. The first-order valence-corrected chi connectivity index (χ1v) is 55.5. The van der Waals surface area contributed by atoms with Crippen LogP contribution in [0.5, 0.6) is 0 Å². The number of unbranched alkanes of at least 4 members (excludes halogenated alkanes) is 51. The Labute approximate surface area is 816 Å². The maximum Gasteiger partial charge on any atom is 0.317 e. The lowest BCUT2D eigenvalue weighted by molar-refractivity contribution is -0.153. The molecule has 3 rings (SSSR count). The molecule has 133 heavy (non-hydrogen) atoms. The number of cyclic esters (lactones) is 2. The monoisotopic (exact) mass is 1870 g/mol. The molecule has 776 valence electrons. The van der Waals surface area contributed by atoms with Gasteiger partial charge in [0.25, 0.3) is 0 Å². The molecule has 0 aromatic heterocycles. The Kier molecular flexibility index (Phi) is 105. The van der Waals surface area contributed by atoms with E-state index < -0.39 is 35.8 Å². The fraction of sp³-hybridized carbons (Fsp3) is 0.830. The summed E-state index contributed by atoms with van der Waals surface area (Å²) < 4.78 is 4.75. The standard InChI is InChI=1S/C44H79N3O5.C22H43N3.C22H36O5.C18H34O2.C4H13N3.C2H6/c1-3-5-7-9-11-12-13-14-15-16-17-18-19-24-28-32-41-45-34-36-47(41)37-35-46-42(48)38-40(44(51)52)39(30-26-22-10-8-6-4-2)31-27-23-20-21-25-29-33-43(49)50;1-2-3-4-5-6-7-8-9-10-11-12-13-14-15-16-17-22-24-19-21-25(22)20-18-23;1-2-3-4-5-8-11-14-18(19-17-21(25)27-22(19)26)15-12-9-6-7-10-13-16-20(23)24;1-2-3-4-5-6-7-8-9-10-11-12-13-14-15-16-17-18(19)20;5-1-3-7-4-2-6;1-2/h15-16,27,31,39-40H,3-14,17-26,28-30,32-38H2,1-2H3,(H,46,48)(H,49,50)(H,51,52);10-11H,2-9,12-21,23H2,1H3;12,15,18-19H,2-11,13-14,16-17H2,1H3,(H,23,24);10-11H,2-9,12-17H2,1H3,(H,19,20);7H,1-6H2;1-2H3/b16-15-,31-27-;11-10-;15-12-;11-10-;;. The van der Waals surface area contributed by atoms with E-state index in [9.17, 15) is 38.7 Å². The predicted octanol–water partition coefficient (Wildman–Crippen LogP) is 28.0. The van der Waals surface area contributed by atoms with Crippen molar-refractivity contribution in [1.82, 2.24) is 20.4 Å². The van der Waals surface area contributed by atoms with Gasteiger partial charge in [-0.2, -0.15) is 0 Å². The number of hydrogen-bond acceptors (Lipinski definition) is 16. The van der Waals surface area contributed by atoms with Crippen molar-refractivity contribution in [2.45, 2.75) is 498 Å². The molecular formula is C112H211N9O12. The third-order valence-corrected chi connectivity index (χ3v) is 25.0. The molecule has 1 saturated heterocycles. The summed E-state index contributed by atoms with van der Waals surface area (Å²) >= 11 is 0. The second kappa shape index (κ2) is 106. The minimum absolute atomic E-state index is 0.00930. The Morgan fingerprint density at radius 3 is 1.02 bits per heavy atom. The average Bonchev–Trinajstić information content (AvgIpc) is 1.69. The van der Waals surface area contributed by atoms with Gasteiger partial charge in [-0.25, -0.2) is 0 Å². The normalized spacial score (nSPS) is 14.3. The van der Waals surface area contributed by atoms with E-state index in [0.29, 0.717) is 39.0 Å². The lowest BCUT2D eigenvalue weighted by Gasteiger charge is -2.23. The number of carboxylic acid groups (broad SMARTS) is 4. The van der Waals surface area contributed by atoms with Crippen LogP contribution in [0.4, 0.5) is 0 Å². The van der Waals surface area contributed by atoms with Crippen molar-refractivity contribution in [2.24, 2.45) is 50.9 Å². The van der Waals surface area contributed by atoms with E-state index in [0.717, 1.165) is 199 Å². The number of nitrogens with one attached hydrogen (secondary N) is 2. The zero-order chi connectivity index (χ0) is 98.2. The molecular weight excluding hydrogens is 1660 g/mol. The van der Waals surface area contributed by atoms with E-state index in [-0.39, 0.29) is 55.3 Å². The molecule has 21 heteroatoms. The molecule has 3 heterocycles. The van der Waals surface area contributed by atoms with E-state index >= 15 is 0 Å². The molecule has 4 unspecified atom stereocenters.